The number of aromatic nitrogens is 2. The summed E-state index contributed by atoms with van der Waals surface area (Å²) in [5.74, 6) is 4.43. The van der Waals surface area contributed by atoms with E-state index in [0.29, 0.717) is 17.4 Å². The Labute approximate surface area is 200 Å². The smallest absolute Gasteiger partial charge is 0.162 e. The van der Waals surface area contributed by atoms with Crippen LogP contribution >= 0.6 is 0 Å². The summed E-state index contributed by atoms with van der Waals surface area (Å²) < 4.78 is 22.3. The fourth-order valence-electron chi connectivity index (χ4n) is 4.89. The fourth-order valence-corrected chi connectivity index (χ4v) is 4.89. The van der Waals surface area contributed by atoms with E-state index in [1.807, 2.05) is 24.3 Å². The number of anilines is 2. The Hall–Kier alpha value is -3.26. The molecule has 1 aromatic heterocycles. The SMILES string of the molecule is COc1cc2nc(C3CCOCC3)nc(N3CCN(c4ccccc4OC)CC3)c2cc1OC. The van der Waals surface area contributed by atoms with Gasteiger partial charge in [0.15, 0.2) is 11.5 Å². The van der Waals surface area contributed by atoms with Gasteiger partial charge in [-0.25, -0.2) is 9.97 Å². The third-order valence-corrected chi connectivity index (χ3v) is 6.79. The lowest BCUT2D eigenvalue weighted by atomic mass is 9.99. The van der Waals surface area contributed by atoms with Crippen LogP contribution in [0.1, 0.15) is 24.6 Å². The first-order valence-electron chi connectivity index (χ1n) is 11.9. The number of hydrogen-bond donors (Lipinski definition) is 0. The van der Waals surface area contributed by atoms with Crippen molar-refractivity contribution in [2.75, 3.05) is 70.5 Å². The molecule has 0 saturated carbocycles. The zero-order chi connectivity index (χ0) is 23.5. The van der Waals surface area contributed by atoms with Gasteiger partial charge in [-0.2, -0.15) is 0 Å². The number of piperazine rings is 1. The van der Waals surface area contributed by atoms with Gasteiger partial charge in [0.25, 0.3) is 0 Å². The number of fused-ring (bicyclic) bond motifs is 1. The van der Waals surface area contributed by atoms with E-state index in [-0.39, 0.29) is 0 Å². The Morgan fingerprint density at radius 1 is 0.794 bits per heavy atom. The molecule has 3 aromatic rings. The first-order valence-corrected chi connectivity index (χ1v) is 11.9. The Morgan fingerprint density at radius 2 is 1.44 bits per heavy atom. The normalized spacial score (nSPS) is 17.1. The number of methoxy groups -OCH3 is 3. The average molecular weight is 465 g/mol. The summed E-state index contributed by atoms with van der Waals surface area (Å²) >= 11 is 0. The molecule has 0 bridgehead atoms. The van der Waals surface area contributed by atoms with Gasteiger partial charge in [-0.15, -0.1) is 0 Å². The van der Waals surface area contributed by atoms with Gasteiger partial charge in [0.05, 0.1) is 32.5 Å². The lowest BCUT2D eigenvalue weighted by molar-refractivity contribution is 0.0836. The summed E-state index contributed by atoms with van der Waals surface area (Å²) in [5, 5.41) is 0.985. The summed E-state index contributed by atoms with van der Waals surface area (Å²) in [6.07, 6.45) is 1.89. The third-order valence-electron chi connectivity index (χ3n) is 6.79. The van der Waals surface area contributed by atoms with Crippen molar-refractivity contribution in [1.82, 2.24) is 9.97 Å². The number of ether oxygens (including phenoxy) is 4. The van der Waals surface area contributed by atoms with Crippen molar-refractivity contribution in [3.8, 4) is 17.2 Å². The number of hydrogen-bond acceptors (Lipinski definition) is 8. The van der Waals surface area contributed by atoms with E-state index in [1.165, 1.54) is 0 Å². The molecule has 2 aliphatic rings. The molecule has 2 aromatic carbocycles. The summed E-state index contributed by atoms with van der Waals surface area (Å²) in [4.78, 5) is 14.8. The maximum Gasteiger partial charge on any atom is 0.162 e. The molecule has 0 radical (unpaired) electrons. The van der Waals surface area contributed by atoms with Gasteiger partial charge < -0.3 is 28.7 Å². The van der Waals surface area contributed by atoms with Crippen LogP contribution < -0.4 is 24.0 Å². The summed E-state index contributed by atoms with van der Waals surface area (Å²) in [5.41, 5.74) is 2.02. The van der Waals surface area contributed by atoms with Crippen LogP contribution in [0.15, 0.2) is 36.4 Å². The maximum atomic E-state index is 5.60. The minimum Gasteiger partial charge on any atom is -0.495 e. The number of rotatable bonds is 6. The molecule has 8 heteroatoms. The van der Waals surface area contributed by atoms with Crippen LogP contribution in [-0.4, -0.2) is 70.7 Å². The molecular weight excluding hydrogens is 432 g/mol. The van der Waals surface area contributed by atoms with Gasteiger partial charge in [0.2, 0.25) is 0 Å². The van der Waals surface area contributed by atoms with E-state index in [2.05, 4.69) is 21.9 Å². The Morgan fingerprint density at radius 3 is 2.15 bits per heavy atom. The zero-order valence-electron chi connectivity index (χ0n) is 20.1. The van der Waals surface area contributed by atoms with Crippen molar-refractivity contribution in [2.24, 2.45) is 0 Å². The molecule has 5 rings (SSSR count). The molecule has 0 N–H and O–H groups in total. The van der Waals surface area contributed by atoms with Gasteiger partial charge in [0.1, 0.15) is 17.4 Å². The van der Waals surface area contributed by atoms with Crippen LogP contribution in [0.4, 0.5) is 11.5 Å². The molecule has 34 heavy (non-hydrogen) atoms. The highest BCUT2D eigenvalue weighted by molar-refractivity contribution is 5.92. The van der Waals surface area contributed by atoms with Crippen molar-refractivity contribution in [3.63, 3.8) is 0 Å². The van der Waals surface area contributed by atoms with Gasteiger partial charge in [-0.3, -0.25) is 0 Å². The quantitative estimate of drug-likeness (QED) is 0.545. The molecule has 8 nitrogen and oxygen atoms in total. The van der Waals surface area contributed by atoms with Gasteiger partial charge in [-0.05, 0) is 31.0 Å². The van der Waals surface area contributed by atoms with Crippen LogP contribution in [0.5, 0.6) is 17.2 Å². The predicted octanol–water partition coefficient (Wildman–Crippen LogP) is 3.88. The highest BCUT2D eigenvalue weighted by Gasteiger charge is 2.26. The van der Waals surface area contributed by atoms with Crippen LogP contribution in [0.3, 0.4) is 0 Å². The summed E-state index contributed by atoms with van der Waals surface area (Å²) in [6, 6.07) is 12.2. The van der Waals surface area contributed by atoms with Crippen molar-refractivity contribution >= 4 is 22.4 Å². The van der Waals surface area contributed by atoms with Crippen molar-refractivity contribution < 1.29 is 18.9 Å². The van der Waals surface area contributed by atoms with Crippen molar-refractivity contribution in [1.29, 1.82) is 0 Å². The average Bonchev–Trinajstić information content (AvgIpc) is 2.92. The second-order valence-corrected chi connectivity index (χ2v) is 8.66. The minimum atomic E-state index is 0.305. The first-order chi connectivity index (χ1) is 16.7. The lowest BCUT2D eigenvalue weighted by Crippen LogP contribution is -2.47. The molecule has 0 spiro atoms. The molecular formula is C26H32N4O4. The number of benzene rings is 2. The van der Waals surface area contributed by atoms with E-state index in [1.54, 1.807) is 21.3 Å². The standard InChI is InChI=1S/C26H32N4O4/c1-31-22-7-5-4-6-21(22)29-10-12-30(13-11-29)26-19-16-23(32-2)24(33-3)17-20(19)27-25(28-26)18-8-14-34-15-9-18/h4-7,16-18H,8-15H2,1-3H3. The van der Waals surface area contributed by atoms with Crippen LogP contribution in [0.25, 0.3) is 10.9 Å². The van der Waals surface area contributed by atoms with Crippen LogP contribution in [-0.2, 0) is 4.74 Å². The largest absolute Gasteiger partial charge is 0.495 e. The second kappa shape index (κ2) is 9.93. The molecule has 0 amide bonds. The Balaban J connectivity index is 1.50. The summed E-state index contributed by atoms with van der Waals surface area (Å²) in [7, 11) is 5.04. The van der Waals surface area contributed by atoms with E-state index >= 15 is 0 Å². The minimum absolute atomic E-state index is 0.305. The molecule has 3 heterocycles. The molecule has 2 fully saturated rings. The van der Waals surface area contributed by atoms with Gasteiger partial charge >= 0.3 is 0 Å². The first kappa shape index (κ1) is 22.5. The van der Waals surface area contributed by atoms with Crippen molar-refractivity contribution in [2.45, 2.75) is 18.8 Å². The Bertz CT molecular complexity index is 1140. The number of para-hydroxylation sites is 2. The fraction of sp³-hybridized carbons (Fsp3) is 0.462. The molecule has 2 saturated heterocycles. The van der Waals surface area contributed by atoms with Gasteiger partial charge in [-0.1, -0.05) is 12.1 Å². The van der Waals surface area contributed by atoms with Crippen molar-refractivity contribution in [3.05, 3.63) is 42.2 Å². The molecule has 0 unspecified atom stereocenters. The van der Waals surface area contributed by atoms with E-state index in [9.17, 15) is 0 Å². The zero-order valence-corrected chi connectivity index (χ0v) is 20.1. The van der Waals surface area contributed by atoms with Crippen LogP contribution in [0.2, 0.25) is 0 Å². The Kier molecular flexibility index (Phi) is 6.58. The molecule has 0 atom stereocenters. The predicted molar refractivity (Wildman–Crippen MR) is 133 cm³/mol. The van der Waals surface area contributed by atoms with Crippen LogP contribution in [0, 0.1) is 0 Å². The van der Waals surface area contributed by atoms with Gasteiger partial charge in [0, 0.05) is 56.8 Å². The molecule has 2 aliphatic heterocycles. The molecule has 0 aliphatic carbocycles. The monoisotopic (exact) mass is 464 g/mol. The molecule has 180 valence electrons. The van der Waals surface area contributed by atoms with E-state index < -0.39 is 0 Å². The topological polar surface area (TPSA) is 69.2 Å². The number of nitrogens with zero attached hydrogens (tertiary/aromatic N) is 4. The summed E-state index contributed by atoms with van der Waals surface area (Å²) in [6.45, 7) is 4.98. The highest BCUT2D eigenvalue weighted by Crippen LogP contribution is 2.38. The van der Waals surface area contributed by atoms with E-state index in [4.69, 9.17) is 28.9 Å². The second-order valence-electron chi connectivity index (χ2n) is 8.66. The highest BCUT2D eigenvalue weighted by atomic mass is 16.5. The van der Waals surface area contributed by atoms with E-state index in [0.717, 1.165) is 86.2 Å². The third kappa shape index (κ3) is 4.30. The lowest BCUT2D eigenvalue weighted by Gasteiger charge is -2.38. The maximum absolute atomic E-state index is 5.60.